The number of para-hydroxylation sites is 2. The highest BCUT2D eigenvalue weighted by Gasteiger charge is 2.31. The van der Waals surface area contributed by atoms with E-state index in [1.165, 1.54) is 36.4 Å². The third-order valence-electron chi connectivity index (χ3n) is 2.87. The van der Waals surface area contributed by atoms with Crippen LogP contribution in [0.1, 0.15) is 5.56 Å². The predicted molar refractivity (Wildman–Crippen MR) is 76.9 cm³/mol. The zero-order valence-corrected chi connectivity index (χ0v) is 12.3. The molecule has 0 aliphatic carbocycles. The molecule has 0 spiro atoms. The summed E-state index contributed by atoms with van der Waals surface area (Å²) in [5.41, 5.74) is 0.147. The van der Waals surface area contributed by atoms with Crippen molar-refractivity contribution < 1.29 is 31.8 Å². The average molecular weight is 343 g/mol. The van der Waals surface area contributed by atoms with Crippen LogP contribution in [0.5, 0.6) is 11.5 Å². The Labute approximate surface area is 135 Å². The Kier molecular flexibility index (Phi) is 5.62. The van der Waals surface area contributed by atoms with Crippen LogP contribution in [0.15, 0.2) is 48.5 Å². The van der Waals surface area contributed by atoms with Crippen molar-refractivity contribution in [3.63, 3.8) is 0 Å². The van der Waals surface area contributed by atoms with E-state index in [0.29, 0.717) is 0 Å². The van der Waals surface area contributed by atoms with Gasteiger partial charge in [-0.15, -0.1) is 13.2 Å². The molecule has 0 atom stereocenters. The number of amides is 1. The van der Waals surface area contributed by atoms with E-state index in [9.17, 15) is 22.4 Å². The lowest BCUT2D eigenvalue weighted by molar-refractivity contribution is -0.274. The van der Waals surface area contributed by atoms with Crippen molar-refractivity contribution in [2.24, 2.45) is 0 Å². The minimum absolute atomic E-state index is 0.0894. The Hall–Kier alpha value is -2.77. The Morgan fingerprint density at radius 2 is 1.62 bits per heavy atom. The molecule has 0 heterocycles. The number of nitrogens with one attached hydrogen (secondary N) is 1. The van der Waals surface area contributed by atoms with Crippen LogP contribution in [0.3, 0.4) is 0 Å². The molecule has 0 bridgehead atoms. The van der Waals surface area contributed by atoms with Crippen LogP contribution in [-0.2, 0) is 11.3 Å². The van der Waals surface area contributed by atoms with E-state index in [1.807, 2.05) is 0 Å². The number of hydrogen-bond acceptors (Lipinski definition) is 3. The zero-order valence-electron chi connectivity index (χ0n) is 12.3. The van der Waals surface area contributed by atoms with Gasteiger partial charge in [0.25, 0.3) is 5.91 Å². The third kappa shape index (κ3) is 5.45. The first-order valence-corrected chi connectivity index (χ1v) is 6.83. The Morgan fingerprint density at radius 3 is 2.29 bits per heavy atom. The maximum Gasteiger partial charge on any atom is 0.573 e. The van der Waals surface area contributed by atoms with Gasteiger partial charge in [-0.2, -0.15) is 0 Å². The van der Waals surface area contributed by atoms with Gasteiger partial charge >= 0.3 is 6.36 Å². The van der Waals surface area contributed by atoms with Gasteiger partial charge in [0, 0.05) is 12.1 Å². The van der Waals surface area contributed by atoms with Crippen molar-refractivity contribution in [2.75, 3.05) is 6.61 Å². The lowest BCUT2D eigenvalue weighted by atomic mass is 10.2. The minimum Gasteiger partial charge on any atom is -0.481 e. The van der Waals surface area contributed by atoms with Crippen molar-refractivity contribution >= 4 is 5.91 Å². The molecule has 0 unspecified atom stereocenters. The quantitative estimate of drug-likeness (QED) is 0.818. The number of carbonyl (C=O) groups excluding carboxylic acids is 1. The number of rotatable bonds is 6. The van der Waals surface area contributed by atoms with Gasteiger partial charge in [-0.3, -0.25) is 4.79 Å². The number of ether oxygens (including phenoxy) is 2. The van der Waals surface area contributed by atoms with E-state index >= 15 is 0 Å². The van der Waals surface area contributed by atoms with E-state index in [1.54, 1.807) is 6.07 Å². The van der Waals surface area contributed by atoms with E-state index in [-0.39, 0.29) is 17.9 Å². The first-order valence-electron chi connectivity index (χ1n) is 6.83. The summed E-state index contributed by atoms with van der Waals surface area (Å²) >= 11 is 0. The smallest absolute Gasteiger partial charge is 0.481 e. The molecule has 2 aromatic rings. The van der Waals surface area contributed by atoms with Gasteiger partial charge in [-0.25, -0.2) is 4.39 Å². The van der Waals surface area contributed by atoms with Crippen LogP contribution in [0.25, 0.3) is 0 Å². The second-order valence-electron chi connectivity index (χ2n) is 4.65. The van der Waals surface area contributed by atoms with E-state index in [0.717, 1.165) is 6.07 Å². The second-order valence-corrected chi connectivity index (χ2v) is 4.65. The molecule has 0 aliphatic rings. The van der Waals surface area contributed by atoms with Gasteiger partial charge in [0.1, 0.15) is 5.75 Å². The largest absolute Gasteiger partial charge is 0.573 e. The maximum absolute atomic E-state index is 13.3. The normalized spacial score (nSPS) is 11.0. The molecule has 0 fully saturated rings. The number of halogens is 4. The van der Waals surface area contributed by atoms with Crippen molar-refractivity contribution in [1.29, 1.82) is 0 Å². The van der Waals surface area contributed by atoms with Gasteiger partial charge in [0.15, 0.2) is 18.2 Å². The van der Waals surface area contributed by atoms with Crippen LogP contribution < -0.4 is 14.8 Å². The standard InChI is InChI=1S/C16H13F4NO3/c17-12-6-2-4-8-14(12)23-10-15(22)21-9-11-5-1-3-7-13(11)24-16(18,19)20/h1-8H,9-10H2,(H,21,22). The van der Waals surface area contributed by atoms with Crippen molar-refractivity contribution in [2.45, 2.75) is 12.9 Å². The predicted octanol–water partition coefficient (Wildman–Crippen LogP) is 3.42. The van der Waals surface area contributed by atoms with Gasteiger partial charge in [0.2, 0.25) is 0 Å². The summed E-state index contributed by atoms with van der Waals surface area (Å²) in [5.74, 6) is -1.72. The molecule has 0 aliphatic heterocycles. The van der Waals surface area contributed by atoms with Gasteiger partial charge < -0.3 is 14.8 Å². The molecule has 1 N–H and O–H groups in total. The Bertz CT molecular complexity index is 704. The van der Waals surface area contributed by atoms with Crippen LogP contribution in [0, 0.1) is 5.82 Å². The highest BCUT2D eigenvalue weighted by Crippen LogP contribution is 2.26. The topological polar surface area (TPSA) is 47.6 Å². The van der Waals surface area contributed by atoms with Gasteiger partial charge in [-0.05, 0) is 18.2 Å². The maximum atomic E-state index is 13.3. The summed E-state index contributed by atoms with van der Waals surface area (Å²) in [6.07, 6.45) is -4.83. The molecule has 1 amide bonds. The summed E-state index contributed by atoms with van der Waals surface area (Å²) in [5, 5.41) is 2.38. The summed E-state index contributed by atoms with van der Waals surface area (Å²) in [4.78, 5) is 11.7. The molecule has 2 aromatic carbocycles. The van der Waals surface area contributed by atoms with Crippen LogP contribution >= 0.6 is 0 Å². The first-order chi connectivity index (χ1) is 11.3. The van der Waals surface area contributed by atoms with Crippen molar-refractivity contribution in [3.05, 3.63) is 59.9 Å². The van der Waals surface area contributed by atoms with Crippen molar-refractivity contribution in [3.8, 4) is 11.5 Å². The molecule has 24 heavy (non-hydrogen) atoms. The van der Waals surface area contributed by atoms with Crippen LogP contribution in [-0.4, -0.2) is 18.9 Å². The number of benzene rings is 2. The van der Waals surface area contributed by atoms with Crippen molar-refractivity contribution in [1.82, 2.24) is 5.32 Å². The second kappa shape index (κ2) is 7.67. The molecular formula is C16H13F4NO3. The summed E-state index contributed by atoms with van der Waals surface area (Å²) in [7, 11) is 0. The third-order valence-corrected chi connectivity index (χ3v) is 2.87. The summed E-state index contributed by atoms with van der Waals surface area (Å²) in [6, 6.07) is 11.0. The number of carbonyl (C=O) groups is 1. The summed E-state index contributed by atoms with van der Waals surface area (Å²) < 4.78 is 59.1. The fourth-order valence-electron chi connectivity index (χ4n) is 1.82. The lowest BCUT2D eigenvalue weighted by Gasteiger charge is -2.13. The van der Waals surface area contributed by atoms with Gasteiger partial charge in [0.05, 0.1) is 0 Å². The SMILES string of the molecule is O=C(COc1ccccc1F)NCc1ccccc1OC(F)(F)F. The fourth-order valence-corrected chi connectivity index (χ4v) is 1.82. The molecule has 4 nitrogen and oxygen atoms in total. The Morgan fingerprint density at radius 1 is 1.00 bits per heavy atom. The molecular weight excluding hydrogens is 330 g/mol. The van der Waals surface area contributed by atoms with Crippen LogP contribution in [0.4, 0.5) is 17.6 Å². The Balaban J connectivity index is 1.89. The van der Waals surface area contributed by atoms with E-state index < -0.39 is 30.4 Å². The van der Waals surface area contributed by atoms with Gasteiger partial charge in [-0.1, -0.05) is 30.3 Å². The zero-order chi connectivity index (χ0) is 17.6. The number of hydrogen-bond donors (Lipinski definition) is 1. The van der Waals surface area contributed by atoms with E-state index in [4.69, 9.17) is 4.74 Å². The van der Waals surface area contributed by atoms with Crippen LogP contribution in [0.2, 0.25) is 0 Å². The molecule has 0 radical (unpaired) electrons. The van der Waals surface area contributed by atoms with E-state index in [2.05, 4.69) is 10.1 Å². The molecule has 2 rings (SSSR count). The molecule has 128 valence electrons. The molecule has 0 saturated carbocycles. The molecule has 0 saturated heterocycles. The summed E-state index contributed by atoms with van der Waals surface area (Å²) in [6.45, 7) is -0.658. The number of alkyl halides is 3. The monoisotopic (exact) mass is 343 g/mol. The average Bonchev–Trinajstić information content (AvgIpc) is 2.52. The lowest BCUT2D eigenvalue weighted by Crippen LogP contribution is -2.29. The fraction of sp³-hybridized carbons (Fsp3) is 0.188. The highest BCUT2D eigenvalue weighted by molar-refractivity contribution is 5.77. The molecule has 8 heteroatoms. The first kappa shape index (κ1) is 17.6. The minimum atomic E-state index is -4.83. The molecule has 0 aromatic heterocycles. The highest BCUT2D eigenvalue weighted by atomic mass is 19.4.